The van der Waals surface area contributed by atoms with Crippen LogP contribution in [0.1, 0.15) is 29.5 Å². The third-order valence-electron chi connectivity index (χ3n) is 3.55. The molecule has 0 aromatic heterocycles. The lowest BCUT2D eigenvalue weighted by molar-refractivity contribution is 0.475. The Kier molecular flexibility index (Phi) is 4.35. The topological polar surface area (TPSA) is 29.1 Å². The van der Waals surface area contributed by atoms with E-state index in [4.69, 9.17) is 0 Å². The Morgan fingerprint density at radius 2 is 1.94 bits per heavy atom. The number of aryl methyl sites for hydroxylation is 2. The Morgan fingerprint density at radius 1 is 1.24 bits per heavy atom. The second-order valence-corrected chi connectivity index (χ2v) is 6.62. The van der Waals surface area contributed by atoms with Crippen molar-refractivity contribution in [3.8, 4) is 0 Å². The SMILES string of the molecule is Cc1ccc(CNC2CCS(=O)CC2)cc1C. The molecule has 1 saturated heterocycles. The van der Waals surface area contributed by atoms with E-state index in [1.54, 1.807) is 0 Å². The van der Waals surface area contributed by atoms with Crippen LogP contribution in [0.2, 0.25) is 0 Å². The van der Waals surface area contributed by atoms with E-state index in [0.29, 0.717) is 6.04 Å². The van der Waals surface area contributed by atoms with Crippen LogP contribution in [0.4, 0.5) is 0 Å². The van der Waals surface area contributed by atoms with Crippen LogP contribution >= 0.6 is 0 Å². The molecule has 2 nitrogen and oxygen atoms in total. The van der Waals surface area contributed by atoms with E-state index in [1.807, 2.05) is 0 Å². The minimum absolute atomic E-state index is 0.550. The molecule has 0 radical (unpaired) electrons. The van der Waals surface area contributed by atoms with Crippen molar-refractivity contribution in [2.75, 3.05) is 11.5 Å². The summed E-state index contributed by atoms with van der Waals surface area (Å²) in [6.45, 7) is 5.23. The largest absolute Gasteiger partial charge is 0.310 e. The van der Waals surface area contributed by atoms with Gasteiger partial charge in [-0.05, 0) is 43.4 Å². The van der Waals surface area contributed by atoms with Crippen LogP contribution in [0.3, 0.4) is 0 Å². The van der Waals surface area contributed by atoms with Gasteiger partial charge >= 0.3 is 0 Å². The molecule has 0 spiro atoms. The lowest BCUT2D eigenvalue weighted by Crippen LogP contribution is -2.35. The van der Waals surface area contributed by atoms with E-state index >= 15 is 0 Å². The van der Waals surface area contributed by atoms with Crippen LogP contribution in [0, 0.1) is 13.8 Å². The fourth-order valence-electron chi connectivity index (χ4n) is 2.17. The van der Waals surface area contributed by atoms with Crippen molar-refractivity contribution in [1.29, 1.82) is 0 Å². The molecule has 0 amide bonds. The van der Waals surface area contributed by atoms with Crippen molar-refractivity contribution in [2.45, 2.75) is 39.3 Å². The summed E-state index contributed by atoms with van der Waals surface area (Å²) in [5.41, 5.74) is 4.05. The molecule has 0 saturated carbocycles. The fourth-order valence-corrected chi connectivity index (χ4v) is 3.47. The van der Waals surface area contributed by atoms with Gasteiger partial charge in [-0.3, -0.25) is 4.21 Å². The molecule has 1 heterocycles. The first kappa shape index (κ1) is 12.8. The summed E-state index contributed by atoms with van der Waals surface area (Å²) in [5.74, 6) is 1.73. The molecule has 2 rings (SSSR count). The van der Waals surface area contributed by atoms with Gasteiger partial charge in [0.1, 0.15) is 0 Å². The van der Waals surface area contributed by atoms with Gasteiger partial charge in [-0.15, -0.1) is 0 Å². The Morgan fingerprint density at radius 3 is 2.59 bits per heavy atom. The molecule has 1 aliphatic heterocycles. The number of hydrogen-bond donors (Lipinski definition) is 1. The van der Waals surface area contributed by atoms with Gasteiger partial charge in [0.2, 0.25) is 0 Å². The molecule has 17 heavy (non-hydrogen) atoms. The zero-order valence-corrected chi connectivity index (χ0v) is 11.5. The van der Waals surface area contributed by atoms with E-state index in [-0.39, 0.29) is 0 Å². The minimum atomic E-state index is -0.556. The Balaban J connectivity index is 1.85. The van der Waals surface area contributed by atoms with Crippen molar-refractivity contribution in [3.05, 3.63) is 34.9 Å². The summed E-state index contributed by atoms with van der Waals surface area (Å²) in [6, 6.07) is 7.18. The third kappa shape index (κ3) is 3.65. The molecule has 1 N–H and O–H groups in total. The second-order valence-electron chi connectivity index (χ2n) is 4.92. The lowest BCUT2D eigenvalue weighted by atomic mass is 10.1. The summed E-state index contributed by atoms with van der Waals surface area (Å²) in [5, 5.41) is 3.57. The first-order valence-corrected chi connectivity index (χ1v) is 7.78. The summed E-state index contributed by atoms with van der Waals surface area (Å²) in [4.78, 5) is 0. The zero-order valence-electron chi connectivity index (χ0n) is 10.7. The first-order chi connectivity index (χ1) is 8.15. The smallest absolute Gasteiger partial charge is 0.0249 e. The molecule has 0 unspecified atom stereocenters. The highest BCUT2D eigenvalue weighted by Crippen LogP contribution is 2.12. The summed E-state index contributed by atoms with van der Waals surface area (Å²) in [6.07, 6.45) is 2.11. The molecular formula is C14H21NOS. The molecule has 0 atom stereocenters. The average molecular weight is 251 g/mol. The van der Waals surface area contributed by atoms with Gasteiger partial charge in [0.05, 0.1) is 0 Å². The van der Waals surface area contributed by atoms with Crippen molar-refractivity contribution < 1.29 is 4.21 Å². The number of hydrogen-bond acceptors (Lipinski definition) is 2. The Bertz CT molecular complexity index is 407. The van der Waals surface area contributed by atoms with E-state index in [1.165, 1.54) is 16.7 Å². The molecule has 0 aliphatic carbocycles. The standard InChI is InChI=1S/C14H21NOS/c1-11-3-4-13(9-12(11)2)10-15-14-5-7-17(16)8-6-14/h3-4,9,14-15H,5-8,10H2,1-2H3. The van der Waals surface area contributed by atoms with Crippen LogP contribution in [-0.2, 0) is 17.3 Å². The van der Waals surface area contributed by atoms with Gasteiger partial charge in [-0.1, -0.05) is 18.2 Å². The molecule has 0 bridgehead atoms. The predicted octanol–water partition coefficient (Wildman–Crippen LogP) is 2.30. The van der Waals surface area contributed by atoms with E-state index in [2.05, 4.69) is 37.4 Å². The van der Waals surface area contributed by atoms with Crippen molar-refractivity contribution >= 4 is 10.8 Å². The second kappa shape index (κ2) is 5.78. The van der Waals surface area contributed by atoms with Gasteiger partial charge in [-0.25, -0.2) is 0 Å². The minimum Gasteiger partial charge on any atom is -0.310 e. The van der Waals surface area contributed by atoms with Crippen molar-refractivity contribution in [2.24, 2.45) is 0 Å². The number of benzene rings is 1. The van der Waals surface area contributed by atoms with Crippen LogP contribution < -0.4 is 5.32 Å². The maximum atomic E-state index is 11.2. The zero-order chi connectivity index (χ0) is 12.3. The van der Waals surface area contributed by atoms with E-state index in [0.717, 1.165) is 30.9 Å². The highest BCUT2D eigenvalue weighted by Gasteiger charge is 2.16. The van der Waals surface area contributed by atoms with Crippen molar-refractivity contribution in [1.82, 2.24) is 5.32 Å². The van der Waals surface area contributed by atoms with Crippen LogP contribution in [0.15, 0.2) is 18.2 Å². The average Bonchev–Trinajstić information content (AvgIpc) is 2.33. The monoisotopic (exact) mass is 251 g/mol. The summed E-state index contributed by atoms with van der Waals surface area (Å²) < 4.78 is 11.2. The maximum absolute atomic E-state index is 11.2. The lowest BCUT2D eigenvalue weighted by Gasteiger charge is -2.22. The van der Waals surface area contributed by atoms with Gasteiger partial charge in [0.25, 0.3) is 0 Å². The van der Waals surface area contributed by atoms with Crippen LogP contribution in [0.5, 0.6) is 0 Å². The molecule has 1 aromatic rings. The van der Waals surface area contributed by atoms with Crippen LogP contribution in [0.25, 0.3) is 0 Å². The maximum Gasteiger partial charge on any atom is 0.0249 e. The quantitative estimate of drug-likeness (QED) is 0.893. The molecule has 94 valence electrons. The van der Waals surface area contributed by atoms with Gasteiger partial charge in [0, 0.05) is 34.9 Å². The molecular weight excluding hydrogens is 230 g/mol. The van der Waals surface area contributed by atoms with Gasteiger partial charge in [-0.2, -0.15) is 0 Å². The summed E-state index contributed by atoms with van der Waals surface area (Å²) in [7, 11) is -0.556. The normalized spacial score (nSPS) is 24.8. The highest BCUT2D eigenvalue weighted by molar-refractivity contribution is 7.85. The van der Waals surface area contributed by atoms with Crippen molar-refractivity contribution in [3.63, 3.8) is 0 Å². The predicted molar refractivity (Wildman–Crippen MR) is 73.7 cm³/mol. The van der Waals surface area contributed by atoms with E-state index in [9.17, 15) is 4.21 Å². The molecule has 1 fully saturated rings. The number of rotatable bonds is 3. The first-order valence-electron chi connectivity index (χ1n) is 6.29. The fraction of sp³-hybridized carbons (Fsp3) is 0.571. The van der Waals surface area contributed by atoms with Crippen LogP contribution in [-0.4, -0.2) is 21.8 Å². The molecule has 3 heteroatoms. The highest BCUT2D eigenvalue weighted by atomic mass is 32.2. The Hall–Kier alpha value is -0.670. The van der Waals surface area contributed by atoms with E-state index < -0.39 is 10.8 Å². The Labute approximate surface area is 106 Å². The summed E-state index contributed by atoms with van der Waals surface area (Å²) >= 11 is 0. The third-order valence-corrected chi connectivity index (χ3v) is 4.94. The number of nitrogens with one attached hydrogen (secondary N) is 1. The molecule has 1 aromatic carbocycles. The van der Waals surface area contributed by atoms with Gasteiger partial charge < -0.3 is 5.32 Å². The van der Waals surface area contributed by atoms with Gasteiger partial charge in [0.15, 0.2) is 0 Å². The molecule has 1 aliphatic rings.